The summed E-state index contributed by atoms with van der Waals surface area (Å²) in [5.41, 5.74) is 2.23. The van der Waals surface area contributed by atoms with Crippen LogP contribution in [0, 0.1) is 5.92 Å². The summed E-state index contributed by atoms with van der Waals surface area (Å²) >= 11 is 6.48. The van der Waals surface area contributed by atoms with Gasteiger partial charge in [0.15, 0.2) is 5.58 Å². The Hall–Kier alpha value is -1.26. The highest BCUT2D eigenvalue weighted by atomic mass is 35.5. The van der Waals surface area contributed by atoms with Gasteiger partial charge in [-0.3, -0.25) is 4.98 Å². The molecule has 0 radical (unpaired) electrons. The lowest BCUT2D eigenvalue weighted by atomic mass is 9.93. The first-order valence-corrected chi connectivity index (χ1v) is 6.52. The first kappa shape index (κ1) is 11.8. The number of rotatable bonds is 2. The highest BCUT2D eigenvalue weighted by molar-refractivity contribution is 6.21. The summed E-state index contributed by atoms with van der Waals surface area (Å²) < 4.78 is 10.5. The molecule has 3 rings (SSSR count). The molecule has 2 heterocycles. The van der Waals surface area contributed by atoms with E-state index < -0.39 is 5.76 Å². The van der Waals surface area contributed by atoms with Crippen molar-refractivity contribution in [2.45, 2.75) is 18.2 Å². The van der Waals surface area contributed by atoms with Crippen LogP contribution in [0.3, 0.4) is 0 Å². The van der Waals surface area contributed by atoms with Gasteiger partial charge in [-0.15, -0.1) is 11.6 Å². The van der Waals surface area contributed by atoms with Crippen molar-refractivity contribution in [2.24, 2.45) is 5.92 Å². The molecule has 2 atom stereocenters. The molecule has 0 aliphatic carbocycles. The van der Waals surface area contributed by atoms with E-state index >= 15 is 0 Å². The largest absolute Gasteiger partial charge is 0.417 e. The van der Waals surface area contributed by atoms with Crippen molar-refractivity contribution in [3.05, 3.63) is 34.3 Å². The Labute approximate surface area is 109 Å². The smallest absolute Gasteiger partial charge is 0.408 e. The quantitative estimate of drug-likeness (QED) is 0.852. The van der Waals surface area contributed by atoms with E-state index in [1.807, 2.05) is 18.2 Å². The summed E-state index contributed by atoms with van der Waals surface area (Å²) in [6.07, 6.45) is 2.12. The van der Waals surface area contributed by atoms with E-state index in [0.29, 0.717) is 23.6 Å². The molecule has 96 valence electrons. The number of ether oxygens (including phenoxy) is 1. The number of oxazole rings is 1. The van der Waals surface area contributed by atoms with Gasteiger partial charge in [0.2, 0.25) is 0 Å². The average Bonchev–Trinajstić information content (AvgIpc) is 2.78. The van der Waals surface area contributed by atoms with Gasteiger partial charge in [0.25, 0.3) is 0 Å². The van der Waals surface area contributed by atoms with Crippen LogP contribution >= 0.6 is 11.6 Å². The van der Waals surface area contributed by atoms with Crippen LogP contribution in [0.4, 0.5) is 0 Å². The second-order valence-electron chi connectivity index (χ2n) is 4.65. The molecule has 1 fully saturated rings. The van der Waals surface area contributed by atoms with Gasteiger partial charge < -0.3 is 9.15 Å². The van der Waals surface area contributed by atoms with E-state index in [1.54, 1.807) is 0 Å². The van der Waals surface area contributed by atoms with E-state index in [0.717, 1.165) is 25.0 Å². The van der Waals surface area contributed by atoms with E-state index in [4.69, 9.17) is 20.8 Å². The van der Waals surface area contributed by atoms with E-state index in [2.05, 4.69) is 4.98 Å². The fourth-order valence-electron chi connectivity index (χ4n) is 2.40. The van der Waals surface area contributed by atoms with Crippen molar-refractivity contribution in [1.29, 1.82) is 0 Å². The number of hydrogen-bond acceptors (Lipinski definition) is 3. The number of benzene rings is 1. The molecule has 4 nitrogen and oxygen atoms in total. The molecule has 0 amide bonds. The van der Waals surface area contributed by atoms with Gasteiger partial charge in [0, 0.05) is 12.5 Å². The Morgan fingerprint density at radius 3 is 3.11 bits per heavy atom. The standard InChI is InChI=1S/C13H14ClNO3/c14-12(9-2-1-5-17-7-9)8-3-4-10-11(6-8)18-13(16)15-10/h3-4,6,9,12H,1-2,5,7H2,(H,15,16). The third-order valence-corrected chi connectivity index (χ3v) is 3.98. The van der Waals surface area contributed by atoms with Crippen LogP contribution in [0.2, 0.25) is 0 Å². The maximum Gasteiger partial charge on any atom is 0.417 e. The van der Waals surface area contributed by atoms with E-state index in [1.165, 1.54) is 0 Å². The summed E-state index contributed by atoms with van der Waals surface area (Å²) in [5.74, 6) is -0.113. The van der Waals surface area contributed by atoms with Crippen LogP contribution in [0.25, 0.3) is 11.1 Å². The lowest BCUT2D eigenvalue weighted by Gasteiger charge is -2.26. The van der Waals surface area contributed by atoms with Crippen molar-refractivity contribution in [3.63, 3.8) is 0 Å². The summed E-state index contributed by atoms with van der Waals surface area (Å²) in [7, 11) is 0. The minimum absolute atomic E-state index is 0.102. The van der Waals surface area contributed by atoms with Gasteiger partial charge in [-0.25, -0.2) is 4.79 Å². The van der Waals surface area contributed by atoms with Crippen LogP contribution in [0.15, 0.2) is 27.4 Å². The normalized spacial score (nSPS) is 22.2. The first-order valence-electron chi connectivity index (χ1n) is 6.08. The second-order valence-corrected chi connectivity index (χ2v) is 5.12. The Balaban J connectivity index is 1.90. The predicted octanol–water partition coefficient (Wildman–Crippen LogP) is 2.83. The third kappa shape index (κ3) is 2.18. The average molecular weight is 268 g/mol. The molecule has 1 aromatic heterocycles. The summed E-state index contributed by atoms with van der Waals surface area (Å²) in [5, 5.41) is -0.102. The van der Waals surface area contributed by atoms with Crippen molar-refractivity contribution in [3.8, 4) is 0 Å². The highest BCUT2D eigenvalue weighted by Crippen LogP contribution is 2.35. The van der Waals surface area contributed by atoms with Crippen molar-refractivity contribution >= 4 is 22.7 Å². The van der Waals surface area contributed by atoms with Crippen LogP contribution in [-0.2, 0) is 4.74 Å². The van der Waals surface area contributed by atoms with Gasteiger partial charge >= 0.3 is 5.76 Å². The summed E-state index contributed by atoms with van der Waals surface area (Å²) in [6, 6.07) is 5.59. The number of aromatic nitrogens is 1. The van der Waals surface area contributed by atoms with Gasteiger partial charge in [-0.05, 0) is 30.5 Å². The van der Waals surface area contributed by atoms with Crippen LogP contribution in [0.5, 0.6) is 0 Å². The van der Waals surface area contributed by atoms with Gasteiger partial charge in [-0.2, -0.15) is 0 Å². The molecule has 1 N–H and O–H groups in total. The van der Waals surface area contributed by atoms with Gasteiger partial charge in [0.1, 0.15) is 0 Å². The number of aromatic amines is 1. The lowest BCUT2D eigenvalue weighted by molar-refractivity contribution is 0.0531. The molecule has 1 aliphatic rings. The predicted molar refractivity (Wildman–Crippen MR) is 69.0 cm³/mol. The number of nitrogens with one attached hydrogen (secondary N) is 1. The number of alkyl halides is 1. The Morgan fingerprint density at radius 2 is 2.33 bits per heavy atom. The van der Waals surface area contributed by atoms with Crippen molar-refractivity contribution in [1.82, 2.24) is 4.98 Å². The monoisotopic (exact) mass is 267 g/mol. The molecule has 0 spiro atoms. The number of fused-ring (bicyclic) bond motifs is 1. The molecular weight excluding hydrogens is 254 g/mol. The zero-order valence-electron chi connectivity index (χ0n) is 9.82. The molecular formula is C13H14ClNO3. The number of hydrogen-bond donors (Lipinski definition) is 1. The van der Waals surface area contributed by atoms with Crippen LogP contribution in [0.1, 0.15) is 23.8 Å². The minimum Gasteiger partial charge on any atom is -0.408 e. The zero-order chi connectivity index (χ0) is 12.5. The summed E-state index contributed by atoms with van der Waals surface area (Å²) in [4.78, 5) is 13.7. The molecule has 0 saturated carbocycles. The SMILES string of the molecule is O=c1[nH]c2ccc(C(Cl)C3CCCOC3)cc2o1. The molecule has 2 unspecified atom stereocenters. The van der Waals surface area contributed by atoms with E-state index in [9.17, 15) is 4.79 Å². The van der Waals surface area contributed by atoms with Crippen LogP contribution in [-0.4, -0.2) is 18.2 Å². The third-order valence-electron chi connectivity index (χ3n) is 3.37. The molecule has 1 aromatic carbocycles. The van der Waals surface area contributed by atoms with Crippen LogP contribution < -0.4 is 5.76 Å². The minimum atomic E-state index is -0.436. The maximum absolute atomic E-state index is 11.1. The van der Waals surface area contributed by atoms with Gasteiger partial charge in [0.05, 0.1) is 17.5 Å². The molecule has 5 heteroatoms. The molecule has 1 aliphatic heterocycles. The fraction of sp³-hybridized carbons (Fsp3) is 0.462. The van der Waals surface area contributed by atoms with E-state index in [-0.39, 0.29) is 5.38 Å². The molecule has 2 aromatic rings. The molecule has 18 heavy (non-hydrogen) atoms. The topological polar surface area (TPSA) is 55.2 Å². The number of H-pyrrole nitrogens is 1. The van der Waals surface area contributed by atoms with Crippen molar-refractivity contribution in [2.75, 3.05) is 13.2 Å². The second kappa shape index (κ2) is 4.78. The van der Waals surface area contributed by atoms with Gasteiger partial charge in [-0.1, -0.05) is 6.07 Å². The maximum atomic E-state index is 11.1. The fourth-order valence-corrected chi connectivity index (χ4v) is 2.74. The molecule has 0 bridgehead atoms. The Bertz CT molecular complexity index is 598. The van der Waals surface area contributed by atoms with Crippen molar-refractivity contribution < 1.29 is 9.15 Å². The lowest BCUT2D eigenvalue weighted by Crippen LogP contribution is -2.21. The highest BCUT2D eigenvalue weighted by Gasteiger charge is 2.24. The molecule has 1 saturated heterocycles. The first-order chi connectivity index (χ1) is 8.74. The number of halogens is 1. The zero-order valence-corrected chi connectivity index (χ0v) is 10.6. The summed E-state index contributed by atoms with van der Waals surface area (Å²) in [6.45, 7) is 1.52. The Morgan fingerprint density at radius 1 is 1.44 bits per heavy atom. The Kier molecular flexibility index (Phi) is 3.14.